The number of hydrogen-bond donors (Lipinski definition) is 2. The number of nitrogens with one attached hydrogen (secondary N) is 1. The van der Waals surface area contributed by atoms with Crippen LogP contribution in [0.25, 0.3) is 0 Å². The molecule has 1 saturated heterocycles. The predicted molar refractivity (Wildman–Crippen MR) is 77.6 cm³/mol. The second-order valence-electron chi connectivity index (χ2n) is 4.71. The molecule has 1 unspecified atom stereocenters. The molecule has 0 aromatic rings. The van der Waals surface area contributed by atoms with E-state index in [0.717, 1.165) is 12.3 Å². The highest BCUT2D eigenvalue weighted by molar-refractivity contribution is 7.80. The van der Waals surface area contributed by atoms with Crippen LogP contribution >= 0.6 is 12.6 Å². The molecule has 0 aromatic carbocycles. The van der Waals surface area contributed by atoms with Crippen LogP contribution in [-0.4, -0.2) is 42.4 Å². The fourth-order valence-electron chi connectivity index (χ4n) is 2.18. The van der Waals surface area contributed by atoms with Gasteiger partial charge in [0.15, 0.2) is 0 Å². The molecule has 0 saturated carbocycles. The Kier molecular flexibility index (Phi) is 8.52. The number of hydrogen-bond acceptors (Lipinski definition) is 3. The molecule has 0 spiro atoms. The van der Waals surface area contributed by atoms with E-state index in [-0.39, 0.29) is 5.54 Å². The molecule has 0 radical (unpaired) electrons. The van der Waals surface area contributed by atoms with Crippen LogP contribution < -0.4 is 5.32 Å². The van der Waals surface area contributed by atoms with E-state index in [0.29, 0.717) is 6.04 Å². The summed E-state index contributed by atoms with van der Waals surface area (Å²) in [6.45, 7) is 11.0. The molecule has 0 aliphatic carbocycles. The summed E-state index contributed by atoms with van der Waals surface area (Å²) < 4.78 is 0. The standard InChI is InChI=1S/C11H24N2S.C2H6/c1-10(2)13-7-5-4-6-11(8-13,9-14)12-3;1-2/h10,12,14H,4-9H2,1-3H3;1-2H3. The van der Waals surface area contributed by atoms with Gasteiger partial charge < -0.3 is 5.32 Å². The van der Waals surface area contributed by atoms with Gasteiger partial charge in [0.05, 0.1) is 0 Å². The summed E-state index contributed by atoms with van der Waals surface area (Å²) in [7, 11) is 2.07. The lowest BCUT2D eigenvalue weighted by atomic mass is 9.95. The first-order valence-electron chi connectivity index (χ1n) is 6.67. The monoisotopic (exact) mass is 246 g/mol. The third-order valence-electron chi connectivity index (χ3n) is 3.42. The lowest BCUT2D eigenvalue weighted by molar-refractivity contribution is 0.179. The van der Waals surface area contributed by atoms with Crippen molar-refractivity contribution in [1.29, 1.82) is 0 Å². The molecule has 98 valence electrons. The van der Waals surface area contributed by atoms with Gasteiger partial charge in [0, 0.05) is 23.9 Å². The third-order valence-corrected chi connectivity index (χ3v) is 4.03. The van der Waals surface area contributed by atoms with Gasteiger partial charge in [-0.15, -0.1) is 0 Å². The third kappa shape index (κ3) is 4.64. The normalized spacial score (nSPS) is 27.2. The maximum absolute atomic E-state index is 4.50. The summed E-state index contributed by atoms with van der Waals surface area (Å²) in [5.74, 6) is 0.937. The summed E-state index contributed by atoms with van der Waals surface area (Å²) in [5.41, 5.74) is 0.240. The fourth-order valence-corrected chi connectivity index (χ4v) is 2.59. The van der Waals surface area contributed by atoms with Gasteiger partial charge >= 0.3 is 0 Å². The highest BCUT2D eigenvalue weighted by Crippen LogP contribution is 2.23. The van der Waals surface area contributed by atoms with Crippen molar-refractivity contribution in [3.8, 4) is 0 Å². The average molecular weight is 246 g/mol. The first-order chi connectivity index (χ1) is 7.63. The zero-order valence-corrected chi connectivity index (χ0v) is 12.6. The van der Waals surface area contributed by atoms with Crippen molar-refractivity contribution in [3.63, 3.8) is 0 Å². The Morgan fingerprint density at radius 2 is 1.94 bits per heavy atom. The van der Waals surface area contributed by atoms with E-state index < -0.39 is 0 Å². The smallest absolute Gasteiger partial charge is 0.0395 e. The van der Waals surface area contributed by atoms with Gasteiger partial charge in [0.2, 0.25) is 0 Å². The molecule has 0 bridgehead atoms. The van der Waals surface area contributed by atoms with Crippen LogP contribution in [0.3, 0.4) is 0 Å². The van der Waals surface area contributed by atoms with Crippen LogP contribution in [-0.2, 0) is 0 Å². The van der Waals surface area contributed by atoms with Gasteiger partial charge in [0.25, 0.3) is 0 Å². The Labute approximate surface area is 108 Å². The molecule has 1 aliphatic heterocycles. The topological polar surface area (TPSA) is 15.3 Å². The Morgan fingerprint density at radius 3 is 2.38 bits per heavy atom. The SMILES string of the molecule is CC.CNC1(CS)CCCCN(C(C)C)C1. The molecule has 0 amide bonds. The number of thiol groups is 1. The summed E-state index contributed by atoms with van der Waals surface area (Å²) in [4.78, 5) is 2.57. The minimum absolute atomic E-state index is 0.240. The van der Waals surface area contributed by atoms with Crippen LogP contribution in [0.1, 0.15) is 47.0 Å². The maximum Gasteiger partial charge on any atom is 0.0395 e. The molecule has 0 aromatic heterocycles. The molecule has 1 heterocycles. The van der Waals surface area contributed by atoms with E-state index in [1.54, 1.807) is 0 Å². The summed E-state index contributed by atoms with van der Waals surface area (Å²) in [5, 5.41) is 3.47. The number of rotatable bonds is 3. The van der Waals surface area contributed by atoms with Crippen LogP contribution in [0.4, 0.5) is 0 Å². The largest absolute Gasteiger partial charge is 0.312 e. The Bertz CT molecular complexity index is 167. The van der Waals surface area contributed by atoms with Gasteiger partial charge in [-0.2, -0.15) is 12.6 Å². The summed E-state index contributed by atoms with van der Waals surface area (Å²) in [6.07, 6.45) is 3.91. The number of likely N-dealkylation sites (N-methyl/N-ethyl adjacent to an activating group) is 1. The molecular weight excluding hydrogens is 216 g/mol. The van der Waals surface area contributed by atoms with Gasteiger partial charge in [-0.1, -0.05) is 20.3 Å². The molecule has 1 rings (SSSR count). The summed E-state index contributed by atoms with van der Waals surface area (Å²) in [6, 6.07) is 0.653. The molecule has 1 N–H and O–H groups in total. The average Bonchev–Trinajstić information content (AvgIpc) is 2.55. The lowest BCUT2D eigenvalue weighted by Crippen LogP contribution is -2.53. The molecular formula is C13H30N2S. The number of nitrogens with zero attached hydrogens (tertiary/aromatic N) is 1. The first-order valence-corrected chi connectivity index (χ1v) is 7.30. The lowest BCUT2D eigenvalue weighted by Gasteiger charge is -2.36. The van der Waals surface area contributed by atoms with Crippen LogP contribution in [0, 0.1) is 0 Å². The minimum atomic E-state index is 0.240. The van der Waals surface area contributed by atoms with Gasteiger partial charge in [-0.3, -0.25) is 4.90 Å². The highest BCUT2D eigenvalue weighted by atomic mass is 32.1. The molecule has 1 aliphatic rings. The number of likely N-dealkylation sites (tertiary alicyclic amines) is 1. The summed E-state index contributed by atoms with van der Waals surface area (Å²) >= 11 is 4.50. The van der Waals surface area contributed by atoms with Crippen molar-refractivity contribution in [2.75, 3.05) is 25.9 Å². The fraction of sp³-hybridized carbons (Fsp3) is 1.00. The van der Waals surface area contributed by atoms with Crippen LogP contribution in [0.5, 0.6) is 0 Å². The Balaban J connectivity index is 0.00000106. The molecule has 2 nitrogen and oxygen atoms in total. The van der Waals surface area contributed by atoms with Crippen molar-refractivity contribution in [2.45, 2.75) is 58.5 Å². The zero-order chi connectivity index (χ0) is 12.6. The molecule has 3 heteroatoms. The van der Waals surface area contributed by atoms with Crippen molar-refractivity contribution in [3.05, 3.63) is 0 Å². The highest BCUT2D eigenvalue weighted by Gasteiger charge is 2.31. The first kappa shape index (κ1) is 16.3. The van der Waals surface area contributed by atoms with E-state index >= 15 is 0 Å². The second kappa shape index (κ2) is 8.37. The van der Waals surface area contributed by atoms with Crippen molar-refractivity contribution < 1.29 is 0 Å². The molecule has 1 atom stereocenters. The Hall–Kier alpha value is 0.270. The quantitative estimate of drug-likeness (QED) is 0.745. The minimum Gasteiger partial charge on any atom is -0.312 e. The Morgan fingerprint density at radius 1 is 1.31 bits per heavy atom. The molecule has 1 fully saturated rings. The van der Waals surface area contributed by atoms with Crippen molar-refractivity contribution >= 4 is 12.6 Å². The predicted octanol–water partition coefficient (Wildman–Crippen LogP) is 2.79. The maximum atomic E-state index is 4.50. The van der Waals surface area contributed by atoms with Gasteiger partial charge in [-0.05, 0) is 40.3 Å². The van der Waals surface area contributed by atoms with Gasteiger partial charge in [-0.25, -0.2) is 0 Å². The van der Waals surface area contributed by atoms with Crippen molar-refractivity contribution in [1.82, 2.24) is 10.2 Å². The van der Waals surface area contributed by atoms with Crippen LogP contribution in [0.2, 0.25) is 0 Å². The van der Waals surface area contributed by atoms with E-state index in [4.69, 9.17) is 0 Å². The van der Waals surface area contributed by atoms with E-state index in [1.165, 1.54) is 25.8 Å². The zero-order valence-electron chi connectivity index (χ0n) is 11.7. The van der Waals surface area contributed by atoms with E-state index in [9.17, 15) is 0 Å². The van der Waals surface area contributed by atoms with Gasteiger partial charge in [0.1, 0.15) is 0 Å². The van der Waals surface area contributed by atoms with E-state index in [1.807, 2.05) is 13.8 Å². The van der Waals surface area contributed by atoms with Crippen LogP contribution in [0.15, 0.2) is 0 Å². The van der Waals surface area contributed by atoms with Crippen molar-refractivity contribution in [2.24, 2.45) is 0 Å². The second-order valence-corrected chi connectivity index (χ2v) is 5.03. The van der Waals surface area contributed by atoms with E-state index in [2.05, 4.69) is 43.7 Å². The molecule has 16 heavy (non-hydrogen) atoms.